The van der Waals surface area contributed by atoms with Crippen molar-refractivity contribution in [1.29, 1.82) is 0 Å². The lowest BCUT2D eigenvalue weighted by Crippen LogP contribution is -2.34. The van der Waals surface area contributed by atoms with Crippen molar-refractivity contribution in [2.24, 2.45) is 5.92 Å². The van der Waals surface area contributed by atoms with Crippen LogP contribution in [-0.4, -0.2) is 38.5 Å². The number of nitrogens with one attached hydrogen (secondary N) is 2. The number of rotatable bonds is 8. The molecule has 8 nitrogen and oxygen atoms in total. The highest BCUT2D eigenvalue weighted by molar-refractivity contribution is 6.04. The van der Waals surface area contributed by atoms with Crippen LogP contribution < -0.4 is 25.0 Å². The highest BCUT2D eigenvalue weighted by atomic mass is 16.5. The van der Waals surface area contributed by atoms with E-state index in [0.29, 0.717) is 28.4 Å². The number of nitrogens with zero attached hydrogens (tertiary/aromatic N) is 1. The third-order valence-electron chi connectivity index (χ3n) is 6.21. The molecule has 1 aliphatic heterocycles. The number of carbonyl (C=O) groups is 3. The molecule has 1 fully saturated rings. The molecule has 3 aromatic rings. The first-order chi connectivity index (χ1) is 17.4. The molecule has 186 valence electrons. The number of benzene rings is 3. The van der Waals surface area contributed by atoms with Crippen LogP contribution in [0.5, 0.6) is 11.5 Å². The average Bonchev–Trinajstić information content (AvgIpc) is 3.30. The summed E-state index contributed by atoms with van der Waals surface area (Å²) in [5.74, 6) is 0.0816. The molecule has 4 rings (SSSR count). The Bertz CT molecular complexity index is 1260. The van der Waals surface area contributed by atoms with Crippen LogP contribution in [0.1, 0.15) is 35.3 Å². The van der Waals surface area contributed by atoms with Crippen LogP contribution >= 0.6 is 0 Å². The Morgan fingerprint density at radius 1 is 0.944 bits per heavy atom. The van der Waals surface area contributed by atoms with Crippen molar-refractivity contribution in [3.8, 4) is 11.5 Å². The Labute approximate surface area is 210 Å². The quantitative estimate of drug-likeness (QED) is 0.497. The van der Waals surface area contributed by atoms with Crippen molar-refractivity contribution in [3.63, 3.8) is 0 Å². The molecule has 0 spiro atoms. The molecule has 0 saturated carbocycles. The number of carbonyl (C=O) groups excluding carboxylic acids is 3. The van der Waals surface area contributed by atoms with E-state index in [2.05, 4.69) is 10.6 Å². The van der Waals surface area contributed by atoms with Gasteiger partial charge in [0.15, 0.2) is 11.5 Å². The van der Waals surface area contributed by atoms with Crippen molar-refractivity contribution < 1.29 is 23.9 Å². The zero-order valence-electron chi connectivity index (χ0n) is 20.5. The molecule has 0 aromatic heterocycles. The van der Waals surface area contributed by atoms with Gasteiger partial charge in [0.2, 0.25) is 11.8 Å². The Kier molecular flexibility index (Phi) is 7.53. The van der Waals surface area contributed by atoms with Gasteiger partial charge in [-0.1, -0.05) is 30.3 Å². The smallest absolute Gasteiger partial charge is 0.255 e. The highest BCUT2D eigenvalue weighted by Gasteiger charge is 2.36. The van der Waals surface area contributed by atoms with E-state index >= 15 is 0 Å². The molecule has 0 aliphatic carbocycles. The predicted molar refractivity (Wildman–Crippen MR) is 137 cm³/mol. The lowest BCUT2D eigenvalue weighted by molar-refractivity contribution is -0.126. The largest absolute Gasteiger partial charge is 0.493 e. The molecule has 2 atom stereocenters. The average molecular weight is 488 g/mol. The van der Waals surface area contributed by atoms with Gasteiger partial charge in [0, 0.05) is 36.0 Å². The standard InChI is InChI=1S/C28H29N3O5/c1-18(20-10-7-11-22(14-20)30-27(33)19-8-5-4-6-9-19)29-28(34)21-15-26(32)31(17-21)23-12-13-24(35-2)25(16-23)36-3/h4-14,16,18,21H,15,17H2,1-3H3,(H,29,34)(H,30,33). The van der Waals surface area contributed by atoms with Crippen molar-refractivity contribution in [1.82, 2.24) is 5.32 Å². The SMILES string of the molecule is COc1ccc(N2CC(C(=O)NC(C)c3cccc(NC(=O)c4ccccc4)c3)CC2=O)cc1OC. The monoisotopic (exact) mass is 487 g/mol. The molecule has 1 aliphatic rings. The molecular formula is C28H29N3O5. The maximum Gasteiger partial charge on any atom is 0.255 e. The summed E-state index contributed by atoms with van der Waals surface area (Å²) in [7, 11) is 3.08. The first-order valence-corrected chi connectivity index (χ1v) is 11.7. The van der Waals surface area contributed by atoms with E-state index in [9.17, 15) is 14.4 Å². The number of hydrogen-bond acceptors (Lipinski definition) is 5. The highest BCUT2D eigenvalue weighted by Crippen LogP contribution is 2.34. The van der Waals surface area contributed by atoms with Crippen molar-refractivity contribution >= 4 is 29.1 Å². The van der Waals surface area contributed by atoms with Gasteiger partial charge in [-0.2, -0.15) is 0 Å². The van der Waals surface area contributed by atoms with E-state index in [0.717, 1.165) is 5.56 Å². The van der Waals surface area contributed by atoms with Gasteiger partial charge in [-0.25, -0.2) is 0 Å². The zero-order valence-corrected chi connectivity index (χ0v) is 20.5. The molecule has 0 bridgehead atoms. The Morgan fingerprint density at radius 3 is 2.42 bits per heavy atom. The molecule has 0 radical (unpaired) electrons. The van der Waals surface area contributed by atoms with Gasteiger partial charge in [-0.15, -0.1) is 0 Å². The number of hydrogen-bond donors (Lipinski definition) is 2. The van der Waals surface area contributed by atoms with Crippen LogP contribution in [0.4, 0.5) is 11.4 Å². The fourth-order valence-corrected chi connectivity index (χ4v) is 4.22. The van der Waals surface area contributed by atoms with Gasteiger partial charge < -0.3 is 25.0 Å². The fraction of sp³-hybridized carbons (Fsp3) is 0.250. The molecule has 2 unspecified atom stereocenters. The van der Waals surface area contributed by atoms with E-state index in [4.69, 9.17) is 9.47 Å². The second kappa shape index (κ2) is 10.9. The molecule has 1 saturated heterocycles. The number of ether oxygens (including phenoxy) is 2. The van der Waals surface area contributed by atoms with E-state index in [1.165, 1.54) is 7.11 Å². The van der Waals surface area contributed by atoms with Crippen molar-refractivity contribution in [2.45, 2.75) is 19.4 Å². The van der Waals surface area contributed by atoms with E-state index in [-0.39, 0.29) is 36.7 Å². The second-order valence-electron chi connectivity index (χ2n) is 8.62. The van der Waals surface area contributed by atoms with E-state index in [1.54, 1.807) is 48.4 Å². The maximum absolute atomic E-state index is 13.0. The topological polar surface area (TPSA) is 97.0 Å². The lowest BCUT2D eigenvalue weighted by atomic mass is 10.0. The normalized spacial score (nSPS) is 15.8. The van der Waals surface area contributed by atoms with Gasteiger partial charge in [0.1, 0.15) is 0 Å². The Hall–Kier alpha value is -4.33. The van der Waals surface area contributed by atoms with E-state index < -0.39 is 5.92 Å². The van der Waals surface area contributed by atoms with Crippen LogP contribution in [0.2, 0.25) is 0 Å². The van der Waals surface area contributed by atoms with Crippen molar-refractivity contribution in [2.75, 3.05) is 31.0 Å². The van der Waals surface area contributed by atoms with Crippen LogP contribution in [-0.2, 0) is 9.59 Å². The Balaban J connectivity index is 1.39. The zero-order chi connectivity index (χ0) is 25.7. The third kappa shape index (κ3) is 5.49. The summed E-state index contributed by atoms with van der Waals surface area (Å²) in [4.78, 5) is 39.8. The van der Waals surface area contributed by atoms with Gasteiger partial charge >= 0.3 is 0 Å². The van der Waals surface area contributed by atoms with Crippen LogP contribution in [0.3, 0.4) is 0 Å². The minimum Gasteiger partial charge on any atom is -0.493 e. The summed E-state index contributed by atoms with van der Waals surface area (Å²) in [6, 6.07) is 21.3. The summed E-state index contributed by atoms with van der Waals surface area (Å²) in [5.41, 5.74) is 2.70. The summed E-state index contributed by atoms with van der Waals surface area (Å²) in [6.45, 7) is 2.15. The minimum atomic E-state index is -0.478. The first-order valence-electron chi connectivity index (χ1n) is 11.7. The van der Waals surface area contributed by atoms with Crippen molar-refractivity contribution in [3.05, 3.63) is 83.9 Å². The van der Waals surface area contributed by atoms with Crippen LogP contribution in [0, 0.1) is 5.92 Å². The predicted octanol–water partition coefficient (Wildman–Crippen LogP) is 4.19. The first kappa shape index (κ1) is 24.8. The van der Waals surface area contributed by atoms with Gasteiger partial charge in [-0.05, 0) is 48.9 Å². The summed E-state index contributed by atoms with van der Waals surface area (Å²) >= 11 is 0. The molecule has 3 amide bonds. The number of methoxy groups -OCH3 is 2. The second-order valence-corrected chi connectivity index (χ2v) is 8.62. The molecule has 36 heavy (non-hydrogen) atoms. The van der Waals surface area contributed by atoms with Gasteiger partial charge in [0.05, 0.1) is 26.2 Å². The van der Waals surface area contributed by atoms with Crippen LogP contribution in [0.15, 0.2) is 72.8 Å². The Morgan fingerprint density at radius 2 is 1.69 bits per heavy atom. The number of amides is 3. The number of anilines is 2. The minimum absolute atomic E-state index is 0.124. The summed E-state index contributed by atoms with van der Waals surface area (Å²) in [5, 5.41) is 5.90. The maximum atomic E-state index is 13.0. The third-order valence-corrected chi connectivity index (χ3v) is 6.21. The molecule has 1 heterocycles. The lowest BCUT2D eigenvalue weighted by Gasteiger charge is -2.20. The van der Waals surface area contributed by atoms with Gasteiger partial charge in [-0.3, -0.25) is 14.4 Å². The summed E-state index contributed by atoms with van der Waals surface area (Å²) < 4.78 is 10.6. The van der Waals surface area contributed by atoms with Gasteiger partial charge in [0.25, 0.3) is 5.91 Å². The van der Waals surface area contributed by atoms with Crippen LogP contribution in [0.25, 0.3) is 0 Å². The fourth-order valence-electron chi connectivity index (χ4n) is 4.22. The molecule has 2 N–H and O–H groups in total. The molecular weight excluding hydrogens is 458 g/mol. The van der Waals surface area contributed by atoms with E-state index in [1.807, 2.05) is 43.3 Å². The molecule has 3 aromatic carbocycles. The summed E-state index contributed by atoms with van der Waals surface area (Å²) in [6.07, 6.45) is 0.125. The molecule has 8 heteroatoms.